The third-order valence-electron chi connectivity index (χ3n) is 4.06. The quantitative estimate of drug-likeness (QED) is 0.634. The molecule has 0 aliphatic carbocycles. The maximum Gasteiger partial charge on any atom is 0.338 e. The van der Waals surface area contributed by atoms with Gasteiger partial charge in [0.05, 0.1) is 15.5 Å². The van der Waals surface area contributed by atoms with Crippen molar-refractivity contribution >= 4 is 39.3 Å². The SMILES string of the molecule is CCN(CC)S(=O)(=O)c1ccc(C(=O)OC(C)C(=O)Nc2ccc(Cl)cn2)cc1. The lowest BCUT2D eigenvalue weighted by Gasteiger charge is -2.18. The topological polar surface area (TPSA) is 106 Å². The zero-order valence-electron chi connectivity index (χ0n) is 16.3. The van der Waals surface area contributed by atoms with Crippen LogP contribution in [0.3, 0.4) is 0 Å². The van der Waals surface area contributed by atoms with Gasteiger partial charge in [-0.1, -0.05) is 25.4 Å². The number of carbonyl (C=O) groups is 2. The zero-order chi connectivity index (χ0) is 21.6. The summed E-state index contributed by atoms with van der Waals surface area (Å²) < 4.78 is 31.4. The predicted molar refractivity (Wildman–Crippen MR) is 109 cm³/mol. The summed E-state index contributed by atoms with van der Waals surface area (Å²) in [6.45, 7) is 5.61. The van der Waals surface area contributed by atoms with Crippen LogP contribution in [0.25, 0.3) is 0 Å². The van der Waals surface area contributed by atoms with Crippen LogP contribution in [0, 0.1) is 0 Å². The molecule has 0 saturated carbocycles. The van der Waals surface area contributed by atoms with Crippen molar-refractivity contribution in [2.75, 3.05) is 18.4 Å². The first kappa shape index (κ1) is 22.8. The van der Waals surface area contributed by atoms with Crippen LogP contribution in [0.1, 0.15) is 31.1 Å². The lowest BCUT2D eigenvalue weighted by atomic mass is 10.2. The summed E-state index contributed by atoms with van der Waals surface area (Å²) in [6, 6.07) is 8.46. The molecule has 1 atom stereocenters. The zero-order valence-corrected chi connectivity index (χ0v) is 17.8. The number of amides is 1. The van der Waals surface area contributed by atoms with Crippen LogP contribution in [0.2, 0.25) is 5.02 Å². The third-order valence-corrected chi connectivity index (χ3v) is 6.35. The van der Waals surface area contributed by atoms with Crippen molar-refractivity contribution in [2.24, 2.45) is 0 Å². The Morgan fingerprint density at radius 2 is 1.76 bits per heavy atom. The molecule has 1 amide bonds. The molecule has 156 valence electrons. The summed E-state index contributed by atoms with van der Waals surface area (Å²) in [5, 5.41) is 2.93. The highest BCUT2D eigenvalue weighted by molar-refractivity contribution is 7.89. The van der Waals surface area contributed by atoms with Gasteiger partial charge in [0.25, 0.3) is 5.91 Å². The van der Waals surface area contributed by atoms with E-state index in [1.54, 1.807) is 19.9 Å². The Hall–Kier alpha value is -2.49. The van der Waals surface area contributed by atoms with E-state index in [4.69, 9.17) is 16.3 Å². The second-order valence-electron chi connectivity index (χ2n) is 6.01. The molecule has 1 heterocycles. The summed E-state index contributed by atoms with van der Waals surface area (Å²) in [7, 11) is -3.62. The number of ether oxygens (including phenoxy) is 1. The van der Waals surface area contributed by atoms with Crippen LogP contribution in [-0.2, 0) is 19.6 Å². The molecule has 0 fully saturated rings. The minimum Gasteiger partial charge on any atom is -0.449 e. The lowest BCUT2D eigenvalue weighted by molar-refractivity contribution is -0.123. The molecule has 1 aromatic carbocycles. The number of anilines is 1. The number of rotatable bonds is 8. The highest BCUT2D eigenvalue weighted by atomic mass is 35.5. The maximum absolute atomic E-state index is 12.5. The van der Waals surface area contributed by atoms with Crippen molar-refractivity contribution in [2.45, 2.75) is 31.8 Å². The fraction of sp³-hybridized carbons (Fsp3) is 0.316. The molecule has 0 saturated heterocycles. The number of carbonyl (C=O) groups excluding carboxylic acids is 2. The highest BCUT2D eigenvalue weighted by Gasteiger charge is 2.23. The molecule has 0 bridgehead atoms. The molecule has 0 aliphatic heterocycles. The standard InChI is InChI=1S/C19H22ClN3O5S/c1-4-23(5-2)29(26,27)16-9-6-14(7-10-16)19(25)28-13(3)18(24)22-17-11-8-15(20)12-21-17/h6-13H,4-5H2,1-3H3,(H,21,22,24). The molecule has 2 aromatic rings. The van der Waals surface area contributed by atoms with Gasteiger partial charge in [0.1, 0.15) is 5.82 Å². The van der Waals surface area contributed by atoms with Gasteiger partial charge in [0.2, 0.25) is 10.0 Å². The van der Waals surface area contributed by atoms with Crippen molar-refractivity contribution in [3.05, 3.63) is 53.2 Å². The van der Waals surface area contributed by atoms with Gasteiger partial charge in [-0.15, -0.1) is 0 Å². The molecule has 1 aromatic heterocycles. The first-order chi connectivity index (χ1) is 13.7. The molecule has 0 spiro atoms. The number of nitrogens with one attached hydrogen (secondary N) is 1. The third kappa shape index (κ3) is 5.75. The largest absolute Gasteiger partial charge is 0.449 e. The number of sulfonamides is 1. The van der Waals surface area contributed by atoms with Gasteiger partial charge in [-0.25, -0.2) is 18.2 Å². The summed E-state index contributed by atoms with van der Waals surface area (Å²) in [5.74, 6) is -1.04. The van der Waals surface area contributed by atoms with Crippen LogP contribution < -0.4 is 5.32 Å². The van der Waals surface area contributed by atoms with E-state index in [1.807, 2.05) is 0 Å². The second-order valence-corrected chi connectivity index (χ2v) is 8.39. The Bertz CT molecular complexity index is 958. The number of hydrogen-bond acceptors (Lipinski definition) is 6. The van der Waals surface area contributed by atoms with Crippen LogP contribution in [0.15, 0.2) is 47.5 Å². The smallest absolute Gasteiger partial charge is 0.338 e. The fourth-order valence-electron chi connectivity index (χ4n) is 2.44. The normalized spacial score (nSPS) is 12.4. The number of esters is 1. The molecule has 10 heteroatoms. The van der Waals surface area contributed by atoms with Gasteiger partial charge in [0.15, 0.2) is 6.10 Å². The van der Waals surface area contributed by atoms with Crippen LogP contribution in [0.4, 0.5) is 5.82 Å². The summed E-state index contributed by atoms with van der Waals surface area (Å²) in [5.41, 5.74) is 0.132. The number of nitrogens with zero attached hydrogens (tertiary/aromatic N) is 2. The number of aromatic nitrogens is 1. The number of benzene rings is 1. The van der Waals surface area contributed by atoms with Crippen molar-refractivity contribution in [1.82, 2.24) is 9.29 Å². The van der Waals surface area contributed by atoms with Crippen LogP contribution in [-0.4, -0.2) is 48.8 Å². The fourth-order valence-corrected chi connectivity index (χ4v) is 4.01. The Morgan fingerprint density at radius 1 is 1.14 bits per heavy atom. The summed E-state index contributed by atoms with van der Waals surface area (Å²) >= 11 is 5.74. The van der Waals surface area contributed by atoms with E-state index in [0.29, 0.717) is 18.1 Å². The Morgan fingerprint density at radius 3 is 2.28 bits per heavy atom. The molecule has 2 rings (SSSR count). The molecule has 8 nitrogen and oxygen atoms in total. The van der Waals surface area contributed by atoms with Gasteiger partial charge < -0.3 is 10.1 Å². The minimum atomic E-state index is -3.62. The Balaban J connectivity index is 2.03. The van der Waals surface area contributed by atoms with E-state index in [0.717, 1.165) is 0 Å². The monoisotopic (exact) mass is 439 g/mol. The van der Waals surface area contributed by atoms with Crippen molar-refractivity contribution < 1.29 is 22.7 Å². The molecule has 0 radical (unpaired) electrons. The summed E-state index contributed by atoms with van der Waals surface area (Å²) in [4.78, 5) is 28.4. The number of halogens is 1. The first-order valence-electron chi connectivity index (χ1n) is 8.92. The van der Waals surface area contributed by atoms with Crippen LogP contribution >= 0.6 is 11.6 Å². The molecule has 0 aliphatic rings. The molecular formula is C19H22ClN3O5S. The van der Waals surface area contributed by atoms with E-state index in [9.17, 15) is 18.0 Å². The van der Waals surface area contributed by atoms with E-state index >= 15 is 0 Å². The van der Waals surface area contributed by atoms with Crippen molar-refractivity contribution in [3.63, 3.8) is 0 Å². The molecule has 1 N–H and O–H groups in total. The van der Waals surface area contributed by atoms with Crippen LogP contribution in [0.5, 0.6) is 0 Å². The van der Waals surface area contributed by atoms with E-state index in [2.05, 4.69) is 10.3 Å². The van der Waals surface area contributed by atoms with Gasteiger partial charge in [-0.3, -0.25) is 4.79 Å². The Kier molecular flexibility index (Phi) is 7.72. The van der Waals surface area contributed by atoms with Gasteiger partial charge in [-0.05, 0) is 43.3 Å². The maximum atomic E-state index is 12.5. The van der Waals surface area contributed by atoms with Crippen molar-refractivity contribution in [3.8, 4) is 0 Å². The second kappa shape index (κ2) is 9.82. The minimum absolute atomic E-state index is 0.0809. The number of pyridine rings is 1. The molecular weight excluding hydrogens is 418 g/mol. The first-order valence-corrected chi connectivity index (χ1v) is 10.7. The highest BCUT2D eigenvalue weighted by Crippen LogP contribution is 2.17. The van der Waals surface area contributed by atoms with Gasteiger partial charge in [0, 0.05) is 19.3 Å². The lowest BCUT2D eigenvalue weighted by Crippen LogP contribution is -2.31. The van der Waals surface area contributed by atoms with E-state index in [-0.39, 0.29) is 16.3 Å². The molecule has 1 unspecified atom stereocenters. The van der Waals surface area contributed by atoms with E-state index in [1.165, 1.54) is 47.8 Å². The average Bonchev–Trinajstić information content (AvgIpc) is 2.70. The van der Waals surface area contributed by atoms with Gasteiger partial charge in [-0.2, -0.15) is 4.31 Å². The average molecular weight is 440 g/mol. The van der Waals surface area contributed by atoms with E-state index < -0.39 is 28.0 Å². The van der Waals surface area contributed by atoms with Gasteiger partial charge >= 0.3 is 5.97 Å². The number of hydrogen-bond donors (Lipinski definition) is 1. The molecule has 29 heavy (non-hydrogen) atoms. The predicted octanol–water partition coefficient (Wildman–Crippen LogP) is 2.95. The Labute approximate surface area is 174 Å². The van der Waals surface area contributed by atoms with Crippen molar-refractivity contribution in [1.29, 1.82) is 0 Å². The summed E-state index contributed by atoms with van der Waals surface area (Å²) in [6.07, 6.45) is 0.292.